The summed E-state index contributed by atoms with van der Waals surface area (Å²) in [5, 5.41) is 5.19. The van der Waals surface area contributed by atoms with Gasteiger partial charge in [0.25, 0.3) is 0 Å². The molecule has 1 unspecified atom stereocenters. The molecule has 3 heterocycles. The quantitative estimate of drug-likeness (QED) is 0.668. The summed E-state index contributed by atoms with van der Waals surface area (Å²) in [6, 6.07) is 8.27. The first kappa shape index (κ1) is 18.1. The average molecular weight is 385 g/mol. The number of benzene rings is 1. The topological polar surface area (TPSA) is 71.2 Å². The van der Waals surface area contributed by atoms with Gasteiger partial charge < -0.3 is 9.42 Å². The molecule has 2 aromatic heterocycles. The van der Waals surface area contributed by atoms with E-state index in [0.29, 0.717) is 11.7 Å². The first-order chi connectivity index (χ1) is 13.1. The van der Waals surface area contributed by atoms with Crippen LogP contribution in [-0.2, 0) is 6.42 Å². The Morgan fingerprint density at radius 1 is 1.11 bits per heavy atom. The van der Waals surface area contributed by atoms with Crippen molar-refractivity contribution in [2.45, 2.75) is 33.2 Å². The van der Waals surface area contributed by atoms with Crippen LogP contribution in [0.2, 0.25) is 0 Å². The second-order valence-electron chi connectivity index (χ2n) is 6.87. The van der Waals surface area contributed by atoms with Crippen molar-refractivity contribution in [3.63, 3.8) is 0 Å². The van der Waals surface area contributed by atoms with E-state index in [2.05, 4.69) is 62.2 Å². The molecule has 0 aliphatic carbocycles. The highest BCUT2D eigenvalue weighted by Crippen LogP contribution is 2.25. The Bertz CT molecular complexity index is 882. The third-order valence-electron chi connectivity index (χ3n) is 5.01. The monoisotopic (exact) mass is 384 g/mol. The Kier molecular flexibility index (Phi) is 5.18. The number of rotatable bonds is 5. The van der Waals surface area contributed by atoms with E-state index >= 15 is 0 Å². The lowest BCUT2D eigenvalue weighted by Crippen LogP contribution is -2.47. The lowest BCUT2D eigenvalue weighted by Gasteiger charge is -2.36. The van der Waals surface area contributed by atoms with Crippen molar-refractivity contribution >= 4 is 16.7 Å². The Morgan fingerprint density at radius 2 is 1.85 bits per heavy atom. The number of hydrogen-bond donors (Lipinski definition) is 0. The van der Waals surface area contributed by atoms with Gasteiger partial charge in [-0.25, -0.2) is 4.98 Å². The summed E-state index contributed by atoms with van der Waals surface area (Å²) in [6.45, 7) is 10.0. The summed E-state index contributed by atoms with van der Waals surface area (Å²) < 4.78 is 9.95. The largest absolute Gasteiger partial charge is 0.344 e. The van der Waals surface area contributed by atoms with Crippen molar-refractivity contribution in [3.05, 3.63) is 41.5 Å². The van der Waals surface area contributed by atoms with Crippen molar-refractivity contribution in [2.24, 2.45) is 0 Å². The molecule has 1 aliphatic rings. The Morgan fingerprint density at radius 3 is 2.52 bits per heavy atom. The molecule has 0 spiro atoms. The molecule has 1 fully saturated rings. The summed E-state index contributed by atoms with van der Waals surface area (Å²) >= 11 is 1.49. The smallest absolute Gasteiger partial charge is 0.244 e. The zero-order chi connectivity index (χ0) is 18.8. The van der Waals surface area contributed by atoms with E-state index in [4.69, 9.17) is 4.52 Å². The van der Waals surface area contributed by atoms with Gasteiger partial charge in [0.05, 0.1) is 6.04 Å². The number of aromatic nitrogens is 4. The number of nitrogens with zero attached hydrogens (tertiary/aromatic N) is 6. The summed E-state index contributed by atoms with van der Waals surface area (Å²) in [6.07, 6.45) is 0.883. The van der Waals surface area contributed by atoms with Crippen LogP contribution in [0.1, 0.15) is 37.2 Å². The maximum Gasteiger partial charge on any atom is 0.244 e. The molecule has 3 aromatic rings. The van der Waals surface area contributed by atoms with Gasteiger partial charge in [0.2, 0.25) is 16.8 Å². The van der Waals surface area contributed by atoms with Gasteiger partial charge >= 0.3 is 0 Å². The molecule has 0 saturated carbocycles. The van der Waals surface area contributed by atoms with Gasteiger partial charge in [-0.05, 0) is 13.8 Å². The fourth-order valence-electron chi connectivity index (χ4n) is 3.20. The zero-order valence-electron chi connectivity index (χ0n) is 15.9. The number of piperazine rings is 1. The van der Waals surface area contributed by atoms with E-state index in [9.17, 15) is 0 Å². The van der Waals surface area contributed by atoms with Crippen molar-refractivity contribution in [1.29, 1.82) is 0 Å². The zero-order valence-corrected chi connectivity index (χ0v) is 16.7. The predicted octanol–water partition coefficient (Wildman–Crippen LogP) is 3.34. The fraction of sp³-hybridized carbons (Fsp3) is 0.474. The minimum absolute atomic E-state index is 0.0967. The van der Waals surface area contributed by atoms with E-state index in [1.54, 1.807) is 0 Å². The highest BCUT2D eigenvalue weighted by atomic mass is 32.1. The maximum absolute atomic E-state index is 5.56. The fourth-order valence-corrected chi connectivity index (χ4v) is 4.00. The standard InChI is InChI=1S/C19H24N6OS/c1-4-16-20-19(27-23-16)25-11-9-24(10-12-25)14(3)18-21-17(22-26-18)15-7-5-13(2)6-8-15/h5-8,14H,4,9-12H2,1-3H3. The van der Waals surface area contributed by atoms with Crippen LogP contribution in [0.25, 0.3) is 11.4 Å². The highest BCUT2D eigenvalue weighted by Gasteiger charge is 2.27. The molecule has 27 heavy (non-hydrogen) atoms. The molecule has 1 saturated heterocycles. The van der Waals surface area contributed by atoms with Crippen molar-refractivity contribution < 1.29 is 4.52 Å². The molecule has 7 nitrogen and oxygen atoms in total. The van der Waals surface area contributed by atoms with Gasteiger partial charge in [0.1, 0.15) is 5.82 Å². The van der Waals surface area contributed by atoms with Gasteiger partial charge in [0, 0.05) is 49.7 Å². The number of aryl methyl sites for hydroxylation is 2. The first-order valence-corrected chi connectivity index (χ1v) is 10.1. The van der Waals surface area contributed by atoms with Crippen molar-refractivity contribution in [2.75, 3.05) is 31.1 Å². The van der Waals surface area contributed by atoms with Gasteiger partial charge in [0.15, 0.2) is 0 Å². The summed E-state index contributed by atoms with van der Waals surface area (Å²) in [5.74, 6) is 2.25. The lowest BCUT2D eigenvalue weighted by atomic mass is 10.1. The molecule has 1 atom stereocenters. The molecule has 1 aliphatic heterocycles. The Hall–Kier alpha value is -2.32. The molecule has 8 heteroatoms. The molecular formula is C19H24N6OS. The normalized spacial score (nSPS) is 16.6. The van der Waals surface area contributed by atoms with Gasteiger partial charge in [-0.3, -0.25) is 4.90 Å². The Balaban J connectivity index is 1.39. The molecule has 1 aromatic carbocycles. The van der Waals surface area contributed by atoms with E-state index in [0.717, 1.165) is 49.1 Å². The molecule has 0 N–H and O–H groups in total. The average Bonchev–Trinajstić information content (AvgIpc) is 3.38. The van der Waals surface area contributed by atoms with E-state index in [1.807, 2.05) is 12.1 Å². The second-order valence-corrected chi connectivity index (χ2v) is 7.60. The summed E-state index contributed by atoms with van der Waals surface area (Å²) in [5.41, 5.74) is 2.20. The third kappa shape index (κ3) is 3.86. The van der Waals surface area contributed by atoms with Crippen molar-refractivity contribution in [1.82, 2.24) is 24.4 Å². The second kappa shape index (κ2) is 7.74. The van der Waals surface area contributed by atoms with E-state index in [-0.39, 0.29) is 6.04 Å². The third-order valence-corrected chi connectivity index (χ3v) is 5.83. The van der Waals surface area contributed by atoms with E-state index in [1.165, 1.54) is 17.1 Å². The molecule has 0 radical (unpaired) electrons. The molecule has 4 rings (SSSR count). The molecule has 142 valence electrons. The molecular weight excluding hydrogens is 360 g/mol. The SMILES string of the molecule is CCc1nsc(N2CCN(C(C)c3nc(-c4ccc(C)cc4)no3)CC2)n1. The van der Waals surface area contributed by atoms with E-state index < -0.39 is 0 Å². The number of anilines is 1. The van der Waals surface area contributed by atoms with Gasteiger partial charge in [-0.1, -0.05) is 41.9 Å². The Labute approximate surface area is 163 Å². The van der Waals surface area contributed by atoms with Crippen LogP contribution in [0.4, 0.5) is 5.13 Å². The maximum atomic E-state index is 5.56. The molecule has 0 bridgehead atoms. The van der Waals surface area contributed by atoms with Crippen LogP contribution in [0.3, 0.4) is 0 Å². The predicted molar refractivity (Wildman–Crippen MR) is 106 cm³/mol. The van der Waals surface area contributed by atoms with Crippen LogP contribution in [0.15, 0.2) is 28.8 Å². The summed E-state index contributed by atoms with van der Waals surface area (Å²) in [4.78, 5) is 13.9. The lowest BCUT2D eigenvalue weighted by molar-refractivity contribution is 0.164. The molecule has 0 amide bonds. The van der Waals surface area contributed by atoms with Gasteiger partial charge in [-0.2, -0.15) is 9.36 Å². The number of hydrogen-bond acceptors (Lipinski definition) is 8. The van der Waals surface area contributed by atoms with Crippen LogP contribution >= 0.6 is 11.5 Å². The minimum Gasteiger partial charge on any atom is -0.344 e. The van der Waals surface area contributed by atoms with Crippen LogP contribution in [-0.4, -0.2) is 50.6 Å². The van der Waals surface area contributed by atoms with Crippen LogP contribution in [0.5, 0.6) is 0 Å². The summed E-state index contributed by atoms with van der Waals surface area (Å²) in [7, 11) is 0. The van der Waals surface area contributed by atoms with Crippen LogP contribution in [0, 0.1) is 6.92 Å². The highest BCUT2D eigenvalue weighted by molar-refractivity contribution is 7.09. The van der Waals surface area contributed by atoms with Crippen LogP contribution < -0.4 is 4.90 Å². The van der Waals surface area contributed by atoms with Gasteiger partial charge in [-0.15, -0.1) is 0 Å². The first-order valence-electron chi connectivity index (χ1n) is 9.36. The van der Waals surface area contributed by atoms with Crippen molar-refractivity contribution in [3.8, 4) is 11.4 Å². The minimum atomic E-state index is 0.0967.